The standard InChI is InChI=1S/C11H16N2O2/c1-7(11(14)15)8-3-4-9-6-13(2)12-10(9)5-8/h6-8H,3-5H2,1-2H3,(H,14,15). The highest BCUT2D eigenvalue weighted by molar-refractivity contribution is 5.70. The van der Waals surface area contributed by atoms with Gasteiger partial charge in [-0.25, -0.2) is 0 Å². The Hall–Kier alpha value is -1.32. The predicted octanol–water partition coefficient (Wildman–Crippen LogP) is 1.25. The van der Waals surface area contributed by atoms with Crippen molar-refractivity contribution in [2.24, 2.45) is 18.9 Å². The molecule has 2 atom stereocenters. The fourth-order valence-corrected chi connectivity index (χ4v) is 2.28. The van der Waals surface area contributed by atoms with Gasteiger partial charge in [0.15, 0.2) is 0 Å². The van der Waals surface area contributed by atoms with Crippen LogP contribution in [0.3, 0.4) is 0 Å². The Kier molecular flexibility index (Phi) is 2.50. The van der Waals surface area contributed by atoms with Crippen molar-refractivity contribution in [2.75, 3.05) is 0 Å². The van der Waals surface area contributed by atoms with Gasteiger partial charge in [0.2, 0.25) is 0 Å². The number of nitrogens with zero attached hydrogens (tertiary/aromatic N) is 2. The Balaban J connectivity index is 2.14. The quantitative estimate of drug-likeness (QED) is 0.795. The number of carbonyl (C=O) groups is 1. The van der Waals surface area contributed by atoms with Crippen molar-refractivity contribution in [3.8, 4) is 0 Å². The third-order valence-corrected chi connectivity index (χ3v) is 3.33. The zero-order chi connectivity index (χ0) is 11.0. The molecule has 0 amide bonds. The minimum atomic E-state index is -0.695. The Morgan fingerprint density at radius 2 is 2.47 bits per heavy atom. The molecule has 0 saturated heterocycles. The normalized spacial score (nSPS) is 22.1. The number of aryl methyl sites for hydroxylation is 2. The zero-order valence-electron chi connectivity index (χ0n) is 9.10. The number of hydrogen-bond acceptors (Lipinski definition) is 2. The fraction of sp³-hybridized carbons (Fsp3) is 0.636. The summed E-state index contributed by atoms with van der Waals surface area (Å²) in [5.74, 6) is -0.718. The summed E-state index contributed by atoms with van der Waals surface area (Å²) in [5, 5.41) is 13.3. The molecule has 0 fully saturated rings. The van der Waals surface area contributed by atoms with E-state index in [0.717, 1.165) is 25.0 Å². The van der Waals surface area contributed by atoms with E-state index in [1.54, 1.807) is 6.92 Å². The number of hydrogen-bond donors (Lipinski definition) is 1. The van der Waals surface area contributed by atoms with Crippen LogP contribution >= 0.6 is 0 Å². The van der Waals surface area contributed by atoms with E-state index in [0.29, 0.717) is 0 Å². The van der Waals surface area contributed by atoms with Gasteiger partial charge in [-0.3, -0.25) is 9.48 Å². The average Bonchev–Trinajstić information content (AvgIpc) is 2.55. The first-order chi connectivity index (χ1) is 7.08. The summed E-state index contributed by atoms with van der Waals surface area (Å²) in [6.07, 6.45) is 4.78. The van der Waals surface area contributed by atoms with E-state index < -0.39 is 5.97 Å². The first-order valence-electron chi connectivity index (χ1n) is 5.32. The number of aliphatic carboxylic acids is 1. The first-order valence-corrected chi connectivity index (χ1v) is 5.32. The molecular formula is C11H16N2O2. The van der Waals surface area contributed by atoms with E-state index in [4.69, 9.17) is 5.11 Å². The molecule has 1 heterocycles. The number of fused-ring (bicyclic) bond motifs is 1. The average molecular weight is 208 g/mol. The van der Waals surface area contributed by atoms with Crippen LogP contribution in [-0.2, 0) is 24.7 Å². The second-order valence-electron chi connectivity index (χ2n) is 4.40. The molecule has 0 radical (unpaired) electrons. The molecular weight excluding hydrogens is 192 g/mol. The molecule has 0 bridgehead atoms. The monoisotopic (exact) mass is 208 g/mol. The second kappa shape index (κ2) is 3.68. The molecule has 2 unspecified atom stereocenters. The van der Waals surface area contributed by atoms with Crippen LogP contribution in [0.5, 0.6) is 0 Å². The number of carboxylic acids is 1. The van der Waals surface area contributed by atoms with Gasteiger partial charge in [-0.15, -0.1) is 0 Å². The van der Waals surface area contributed by atoms with Crippen LogP contribution in [0, 0.1) is 11.8 Å². The van der Waals surface area contributed by atoms with E-state index in [9.17, 15) is 4.79 Å². The first kappa shape index (κ1) is 10.2. The molecule has 1 aliphatic rings. The second-order valence-corrected chi connectivity index (χ2v) is 4.40. The van der Waals surface area contributed by atoms with Gasteiger partial charge >= 0.3 is 5.97 Å². The van der Waals surface area contributed by atoms with Crippen molar-refractivity contribution < 1.29 is 9.90 Å². The molecule has 1 aromatic rings. The molecule has 4 nitrogen and oxygen atoms in total. The molecule has 15 heavy (non-hydrogen) atoms. The van der Waals surface area contributed by atoms with Crippen LogP contribution in [0.25, 0.3) is 0 Å². The third kappa shape index (κ3) is 1.89. The lowest BCUT2D eigenvalue weighted by Gasteiger charge is -2.24. The van der Waals surface area contributed by atoms with E-state index in [2.05, 4.69) is 5.10 Å². The highest BCUT2D eigenvalue weighted by atomic mass is 16.4. The molecule has 0 spiro atoms. The van der Waals surface area contributed by atoms with E-state index in [-0.39, 0.29) is 11.8 Å². The number of rotatable bonds is 2. The summed E-state index contributed by atoms with van der Waals surface area (Å²) in [5.41, 5.74) is 2.37. The number of aromatic nitrogens is 2. The minimum absolute atomic E-state index is 0.241. The molecule has 0 saturated carbocycles. The van der Waals surface area contributed by atoms with Gasteiger partial charge < -0.3 is 5.11 Å². The minimum Gasteiger partial charge on any atom is -0.481 e. The maximum absolute atomic E-state index is 10.9. The topological polar surface area (TPSA) is 55.1 Å². The lowest BCUT2D eigenvalue weighted by Crippen LogP contribution is -2.26. The third-order valence-electron chi connectivity index (χ3n) is 3.33. The van der Waals surface area contributed by atoms with Gasteiger partial charge in [0, 0.05) is 13.2 Å². The SMILES string of the molecule is CC(C(=O)O)C1CCc2cn(C)nc2C1. The molecule has 4 heteroatoms. The smallest absolute Gasteiger partial charge is 0.306 e. The van der Waals surface area contributed by atoms with Crippen molar-refractivity contribution in [3.63, 3.8) is 0 Å². The molecule has 1 aliphatic carbocycles. The van der Waals surface area contributed by atoms with Crippen LogP contribution in [0.4, 0.5) is 0 Å². The Labute approximate surface area is 88.9 Å². The maximum atomic E-state index is 10.9. The summed E-state index contributed by atoms with van der Waals surface area (Å²) >= 11 is 0. The van der Waals surface area contributed by atoms with Gasteiger partial charge in [0.25, 0.3) is 0 Å². The highest BCUT2D eigenvalue weighted by Crippen LogP contribution is 2.29. The van der Waals surface area contributed by atoms with Gasteiger partial charge in [0.05, 0.1) is 11.6 Å². The lowest BCUT2D eigenvalue weighted by atomic mass is 9.80. The fourth-order valence-electron chi connectivity index (χ4n) is 2.28. The zero-order valence-corrected chi connectivity index (χ0v) is 9.10. The molecule has 1 aromatic heterocycles. The summed E-state index contributed by atoms with van der Waals surface area (Å²) in [6, 6.07) is 0. The van der Waals surface area contributed by atoms with Crippen LogP contribution in [0.15, 0.2) is 6.20 Å². The summed E-state index contributed by atoms with van der Waals surface area (Å²) in [4.78, 5) is 10.9. The summed E-state index contributed by atoms with van der Waals surface area (Å²) < 4.78 is 1.82. The Bertz CT molecular complexity index is 384. The predicted molar refractivity (Wildman–Crippen MR) is 55.5 cm³/mol. The van der Waals surface area contributed by atoms with E-state index >= 15 is 0 Å². The summed E-state index contributed by atoms with van der Waals surface area (Å²) in [6.45, 7) is 1.79. The molecule has 82 valence electrons. The van der Waals surface area contributed by atoms with Gasteiger partial charge in [0.1, 0.15) is 0 Å². The Morgan fingerprint density at radius 1 is 1.73 bits per heavy atom. The molecule has 1 N–H and O–H groups in total. The highest BCUT2D eigenvalue weighted by Gasteiger charge is 2.29. The van der Waals surface area contributed by atoms with Gasteiger partial charge in [-0.2, -0.15) is 5.10 Å². The van der Waals surface area contributed by atoms with Crippen molar-refractivity contribution in [1.29, 1.82) is 0 Å². The Morgan fingerprint density at radius 3 is 3.13 bits per heavy atom. The lowest BCUT2D eigenvalue weighted by molar-refractivity contribution is -0.143. The van der Waals surface area contributed by atoms with Crippen molar-refractivity contribution in [3.05, 3.63) is 17.5 Å². The van der Waals surface area contributed by atoms with Crippen molar-refractivity contribution in [1.82, 2.24) is 9.78 Å². The molecule has 2 rings (SSSR count). The van der Waals surface area contributed by atoms with E-state index in [1.165, 1.54) is 5.56 Å². The van der Waals surface area contributed by atoms with Crippen LogP contribution in [0.2, 0.25) is 0 Å². The molecule has 0 aliphatic heterocycles. The number of carboxylic acid groups (broad SMARTS) is 1. The van der Waals surface area contributed by atoms with E-state index in [1.807, 2.05) is 17.9 Å². The van der Waals surface area contributed by atoms with Crippen molar-refractivity contribution >= 4 is 5.97 Å². The van der Waals surface area contributed by atoms with Crippen LogP contribution in [-0.4, -0.2) is 20.9 Å². The van der Waals surface area contributed by atoms with Crippen LogP contribution in [0.1, 0.15) is 24.6 Å². The van der Waals surface area contributed by atoms with Crippen LogP contribution < -0.4 is 0 Å². The molecule has 0 aromatic carbocycles. The van der Waals surface area contributed by atoms with Crippen molar-refractivity contribution in [2.45, 2.75) is 26.2 Å². The largest absolute Gasteiger partial charge is 0.481 e. The van der Waals surface area contributed by atoms with Gasteiger partial charge in [-0.1, -0.05) is 6.92 Å². The van der Waals surface area contributed by atoms with Gasteiger partial charge in [-0.05, 0) is 30.7 Å². The summed E-state index contributed by atoms with van der Waals surface area (Å²) in [7, 11) is 1.91. The maximum Gasteiger partial charge on any atom is 0.306 e.